The molecule has 1 aliphatic heterocycles. The number of carboxylic acid groups (broad SMARTS) is 1. The van der Waals surface area contributed by atoms with Crippen LogP contribution in [0, 0.1) is 23.7 Å². The fraction of sp³-hybridized carbons (Fsp3) is 0.464. The number of carboxylic acids is 1. The highest BCUT2D eigenvalue weighted by Crippen LogP contribution is 2.51. The first-order valence-corrected chi connectivity index (χ1v) is 12.5. The second-order valence-electron chi connectivity index (χ2n) is 10.1. The number of piperidine rings is 1. The van der Waals surface area contributed by atoms with Crippen molar-refractivity contribution < 1.29 is 24.2 Å². The molecule has 2 unspecified atom stereocenters. The van der Waals surface area contributed by atoms with E-state index in [9.17, 15) is 19.5 Å². The van der Waals surface area contributed by atoms with Gasteiger partial charge in [-0.3, -0.25) is 9.59 Å². The van der Waals surface area contributed by atoms with Crippen molar-refractivity contribution in [2.24, 2.45) is 23.7 Å². The van der Waals surface area contributed by atoms with Crippen molar-refractivity contribution in [3.05, 3.63) is 59.7 Å². The molecule has 0 aromatic heterocycles. The molecule has 1 heterocycles. The first-order chi connectivity index (χ1) is 16.9. The Bertz CT molecular complexity index is 1100. The summed E-state index contributed by atoms with van der Waals surface area (Å²) < 4.78 is 5.68. The third kappa shape index (κ3) is 4.28. The van der Waals surface area contributed by atoms with Gasteiger partial charge in [0.15, 0.2) is 0 Å². The van der Waals surface area contributed by atoms with E-state index in [0.29, 0.717) is 19.5 Å². The standard InChI is InChI=1S/C28H32N2O5/c1-3-16(2)25(26(31)30-13-12-21-22(14-30)24(21)27(32)33)29-28(34)35-15-23-19-10-6-4-8-17(19)18-9-5-7-11-20(18)23/h4-11,16,21-25H,3,12-15H2,1-2H3,(H,29,34)(H,32,33)/t16?,21-,22+,24?,25-/m0/s1. The van der Waals surface area contributed by atoms with Crippen molar-refractivity contribution in [3.8, 4) is 11.1 Å². The van der Waals surface area contributed by atoms with Gasteiger partial charge in [0.25, 0.3) is 0 Å². The molecule has 2 amide bonds. The summed E-state index contributed by atoms with van der Waals surface area (Å²) in [5.74, 6) is -1.19. The number of hydrogen-bond acceptors (Lipinski definition) is 4. The maximum Gasteiger partial charge on any atom is 0.407 e. The summed E-state index contributed by atoms with van der Waals surface area (Å²) in [4.78, 5) is 39.4. The predicted octanol–water partition coefficient (Wildman–Crippen LogP) is 4.12. The van der Waals surface area contributed by atoms with Crippen LogP contribution in [0.3, 0.4) is 0 Å². The lowest BCUT2D eigenvalue weighted by Gasteiger charge is -2.32. The number of nitrogens with zero attached hydrogens (tertiary/aromatic N) is 1. The van der Waals surface area contributed by atoms with E-state index in [-0.39, 0.29) is 42.1 Å². The topological polar surface area (TPSA) is 95.9 Å². The smallest absolute Gasteiger partial charge is 0.407 e. The molecule has 35 heavy (non-hydrogen) atoms. The Morgan fingerprint density at radius 2 is 1.69 bits per heavy atom. The number of ether oxygens (including phenoxy) is 1. The lowest BCUT2D eigenvalue weighted by atomic mass is 9.97. The van der Waals surface area contributed by atoms with Crippen LogP contribution in [0.15, 0.2) is 48.5 Å². The third-order valence-electron chi connectivity index (χ3n) is 8.19. The lowest BCUT2D eigenvalue weighted by Crippen LogP contribution is -2.53. The molecule has 5 rings (SSSR count). The van der Waals surface area contributed by atoms with Gasteiger partial charge in [-0.1, -0.05) is 68.8 Å². The number of rotatable bonds is 7. The highest BCUT2D eigenvalue weighted by atomic mass is 16.5. The number of fused-ring (bicyclic) bond motifs is 4. The molecule has 184 valence electrons. The lowest BCUT2D eigenvalue weighted by molar-refractivity contribution is -0.139. The SMILES string of the molecule is CCC(C)[C@H](NC(=O)OCC1c2ccccc2-c2ccccc21)C(=O)N1CC[C@@H]2C(C(=O)O)[C@@H]2C1. The number of carbonyl (C=O) groups excluding carboxylic acids is 2. The van der Waals surface area contributed by atoms with Gasteiger partial charge < -0.3 is 20.1 Å². The van der Waals surface area contributed by atoms with Gasteiger partial charge in [0.1, 0.15) is 12.6 Å². The van der Waals surface area contributed by atoms with E-state index in [0.717, 1.165) is 28.7 Å². The zero-order valence-electron chi connectivity index (χ0n) is 20.1. The normalized spacial score (nSPS) is 23.9. The van der Waals surface area contributed by atoms with E-state index < -0.39 is 18.1 Å². The van der Waals surface area contributed by atoms with Gasteiger partial charge in [0.05, 0.1) is 5.92 Å². The largest absolute Gasteiger partial charge is 0.481 e. The van der Waals surface area contributed by atoms with E-state index in [1.165, 1.54) is 0 Å². The van der Waals surface area contributed by atoms with Crippen LogP contribution < -0.4 is 5.32 Å². The molecule has 1 saturated heterocycles. The number of amides is 2. The number of nitrogens with one attached hydrogen (secondary N) is 1. The number of alkyl carbamates (subject to hydrolysis) is 1. The Morgan fingerprint density at radius 3 is 2.29 bits per heavy atom. The van der Waals surface area contributed by atoms with Crippen LogP contribution in [0.25, 0.3) is 11.1 Å². The van der Waals surface area contributed by atoms with E-state index in [4.69, 9.17) is 4.74 Å². The van der Waals surface area contributed by atoms with Crippen LogP contribution in [0.2, 0.25) is 0 Å². The van der Waals surface area contributed by atoms with E-state index in [1.807, 2.05) is 38.1 Å². The molecule has 2 N–H and O–H groups in total. The maximum atomic E-state index is 13.4. The summed E-state index contributed by atoms with van der Waals surface area (Å²) in [6, 6.07) is 15.6. The van der Waals surface area contributed by atoms with E-state index in [2.05, 4.69) is 29.6 Å². The molecular weight excluding hydrogens is 444 g/mol. The minimum absolute atomic E-state index is 0.0252. The van der Waals surface area contributed by atoms with Crippen LogP contribution in [0.5, 0.6) is 0 Å². The van der Waals surface area contributed by atoms with Gasteiger partial charge in [-0.2, -0.15) is 0 Å². The van der Waals surface area contributed by atoms with Gasteiger partial charge in [-0.05, 0) is 46.4 Å². The van der Waals surface area contributed by atoms with Crippen LogP contribution in [0.4, 0.5) is 4.79 Å². The molecule has 2 aliphatic carbocycles. The number of hydrogen-bond donors (Lipinski definition) is 2. The fourth-order valence-electron chi connectivity index (χ4n) is 5.95. The third-order valence-corrected chi connectivity index (χ3v) is 8.19. The van der Waals surface area contributed by atoms with Crippen molar-refractivity contribution in [2.45, 2.75) is 38.6 Å². The molecule has 1 saturated carbocycles. The average molecular weight is 477 g/mol. The van der Waals surface area contributed by atoms with Gasteiger partial charge in [-0.25, -0.2) is 4.79 Å². The van der Waals surface area contributed by atoms with Crippen LogP contribution in [0.1, 0.15) is 43.7 Å². The average Bonchev–Trinajstić information content (AvgIpc) is 3.52. The first-order valence-electron chi connectivity index (χ1n) is 12.5. The summed E-state index contributed by atoms with van der Waals surface area (Å²) in [7, 11) is 0. The molecule has 2 aromatic rings. The highest BCUT2D eigenvalue weighted by molar-refractivity contribution is 5.86. The Kier molecular flexibility index (Phi) is 6.26. The number of carbonyl (C=O) groups is 3. The molecule has 7 nitrogen and oxygen atoms in total. The monoisotopic (exact) mass is 476 g/mol. The van der Waals surface area contributed by atoms with Crippen LogP contribution >= 0.6 is 0 Å². The minimum Gasteiger partial charge on any atom is -0.481 e. The summed E-state index contributed by atoms with van der Waals surface area (Å²) >= 11 is 0. The second-order valence-corrected chi connectivity index (χ2v) is 10.1. The molecule has 3 aliphatic rings. The predicted molar refractivity (Wildman–Crippen MR) is 131 cm³/mol. The van der Waals surface area contributed by atoms with Gasteiger partial charge >= 0.3 is 12.1 Å². The van der Waals surface area contributed by atoms with Gasteiger partial charge in [0, 0.05) is 19.0 Å². The molecule has 0 radical (unpaired) electrons. The van der Waals surface area contributed by atoms with E-state index >= 15 is 0 Å². The molecule has 5 atom stereocenters. The molecule has 7 heteroatoms. The molecule has 2 aromatic carbocycles. The number of benzene rings is 2. The van der Waals surface area contributed by atoms with Crippen LogP contribution in [-0.4, -0.2) is 53.7 Å². The zero-order chi connectivity index (χ0) is 24.7. The number of aliphatic carboxylic acids is 1. The Hall–Kier alpha value is -3.35. The van der Waals surface area contributed by atoms with Crippen molar-refractivity contribution in [1.29, 1.82) is 0 Å². The van der Waals surface area contributed by atoms with Crippen molar-refractivity contribution in [2.75, 3.05) is 19.7 Å². The minimum atomic E-state index is -0.774. The molecule has 0 bridgehead atoms. The van der Waals surface area contributed by atoms with Crippen molar-refractivity contribution >= 4 is 18.0 Å². The molecular formula is C28H32N2O5. The Morgan fingerprint density at radius 1 is 1.06 bits per heavy atom. The number of likely N-dealkylation sites (tertiary alicyclic amines) is 1. The summed E-state index contributed by atoms with van der Waals surface area (Å²) in [5, 5.41) is 12.2. The van der Waals surface area contributed by atoms with Crippen LogP contribution in [-0.2, 0) is 14.3 Å². The molecule has 2 fully saturated rings. The fourth-order valence-corrected chi connectivity index (χ4v) is 5.95. The van der Waals surface area contributed by atoms with Gasteiger partial charge in [0.2, 0.25) is 5.91 Å². The van der Waals surface area contributed by atoms with Gasteiger partial charge in [-0.15, -0.1) is 0 Å². The first kappa shape index (κ1) is 23.4. The maximum absolute atomic E-state index is 13.4. The highest BCUT2D eigenvalue weighted by Gasteiger charge is 2.57. The zero-order valence-corrected chi connectivity index (χ0v) is 20.1. The second kappa shape index (κ2) is 9.36. The van der Waals surface area contributed by atoms with Crippen molar-refractivity contribution in [1.82, 2.24) is 10.2 Å². The van der Waals surface area contributed by atoms with Crippen molar-refractivity contribution in [3.63, 3.8) is 0 Å². The Balaban J connectivity index is 1.24. The summed E-state index contributed by atoms with van der Waals surface area (Å²) in [6.45, 7) is 5.09. The quantitative estimate of drug-likeness (QED) is 0.627. The van der Waals surface area contributed by atoms with E-state index in [1.54, 1.807) is 4.90 Å². The molecule has 0 spiro atoms. The summed E-state index contributed by atoms with van der Waals surface area (Å²) in [5.41, 5.74) is 4.59. The Labute approximate surface area is 205 Å². The summed E-state index contributed by atoms with van der Waals surface area (Å²) in [6.07, 6.45) is 0.818.